The Kier molecular flexibility index (Phi) is 2.67. The molecular formula is C14H12FN3O. The number of anilines is 2. The summed E-state index contributed by atoms with van der Waals surface area (Å²) in [5.74, 6) is 0.417. The molecule has 0 saturated carbocycles. The molecule has 4 nitrogen and oxygen atoms in total. The molecule has 0 aliphatic rings. The second kappa shape index (κ2) is 4.35. The summed E-state index contributed by atoms with van der Waals surface area (Å²) in [6.45, 7) is 1.93. The number of benzene rings is 1. The number of furan rings is 1. The topological polar surface area (TPSA) is 42.2 Å². The minimum absolute atomic E-state index is 0.279. The van der Waals surface area contributed by atoms with Crippen molar-refractivity contribution >= 4 is 22.6 Å². The first-order valence-corrected chi connectivity index (χ1v) is 5.85. The summed E-state index contributed by atoms with van der Waals surface area (Å²) in [5, 5.41) is 0.842. The van der Waals surface area contributed by atoms with Gasteiger partial charge in [0.2, 0.25) is 5.71 Å². The second-order valence-electron chi connectivity index (χ2n) is 4.34. The predicted molar refractivity (Wildman–Crippen MR) is 71.0 cm³/mol. The van der Waals surface area contributed by atoms with E-state index in [0.29, 0.717) is 11.5 Å². The Morgan fingerprint density at radius 3 is 2.89 bits per heavy atom. The lowest BCUT2D eigenvalue weighted by molar-refractivity contribution is 0.600. The van der Waals surface area contributed by atoms with Gasteiger partial charge in [-0.1, -0.05) is 6.07 Å². The molecule has 0 bridgehead atoms. The smallest absolute Gasteiger partial charge is 0.231 e. The summed E-state index contributed by atoms with van der Waals surface area (Å²) in [6.07, 6.45) is 3.08. The number of rotatable bonds is 2. The van der Waals surface area contributed by atoms with Crippen LogP contribution in [0.4, 0.5) is 15.9 Å². The fourth-order valence-corrected chi connectivity index (χ4v) is 2.06. The summed E-state index contributed by atoms with van der Waals surface area (Å²) in [7, 11) is 1.84. The minimum atomic E-state index is -0.279. The highest BCUT2D eigenvalue weighted by Crippen LogP contribution is 2.31. The van der Waals surface area contributed by atoms with E-state index in [1.54, 1.807) is 12.3 Å². The van der Waals surface area contributed by atoms with Gasteiger partial charge in [0.15, 0.2) is 0 Å². The van der Waals surface area contributed by atoms with Gasteiger partial charge >= 0.3 is 0 Å². The highest BCUT2D eigenvalue weighted by molar-refractivity contribution is 5.91. The lowest BCUT2D eigenvalue weighted by atomic mass is 10.2. The van der Waals surface area contributed by atoms with Crippen LogP contribution in [0.15, 0.2) is 41.3 Å². The SMILES string of the molecule is Cc1coc2ncnc(N(C)c3cccc([18F])c3)c12. The first-order valence-electron chi connectivity index (χ1n) is 5.85. The van der Waals surface area contributed by atoms with Crippen molar-refractivity contribution in [3.63, 3.8) is 0 Å². The largest absolute Gasteiger partial charge is 0.446 e. The fraction of sp³-hybridized carbons (Fsp3) is 0.143. The van der Waals surface area contributed by atoms with E-state index in [9.17, 15) is 4.39 Å². The highest BCUT2D eigenvalue weighted by atomic mass is 18.2. The Morgan fingerprint density at radius 2 is 2.11 bits per heavy atom. The lowest BCUT2D eigenvalue weighted by Gasteiger charge is -2.18. The molecule has 0 fully saturated rings. The van der Waals surface area contributed by atoms with E-state index < -0.39 is 0 Å². The standard InChI is InChI=1S/C14H12FN3O/c1-9-7-19-14-12(9)13(16-8-17-14)18(2)11-5-3-4-10(15)6-11/h3-8H,1-2H3/i15-1. The number of hydrogen-bond donors (Lipinski definition) is 0. The van der Waals surface area contributed by atoms with Crippen LogP contribution in [0.3, 0.4) is 0 Å². The summed E-state index contributed by atoms with van der Waals surface area (Å²) in [6, 6.07) is 6.37. The van der Waals surface area contributed by atoms with Crippen molar-refractivity contribution in [2.24, 2.45) is 0 Å². The second-order valence-corrected chi connectivity index (χ2v) is 4.34. The van der Waals surface area contributed by atoms with Crippen LogP contribution in [0.5, 0.6) is 0 Å². The zero-order valence-electron chi connectivity index (χ0n) is 10.6. The number of aryl methyl sites for hydroxylation is 1. The summed E-state index contributed by atoms with van der Waals surface area (Å²) < 4.78 is 18.6. The molecule has 0 aliphatic heterocycles. The van der Waals surface area contributed by atoms with Crippen LogP contribution < -0.4 is 4.90 Å². The maximum Gasteiger partial charge on any atom is 0.231 e. The number of aromatic nitrogens is 2. The van der Waals surface area contributed by atoms with Crippen LogP contribution in [0.25, 0.3) is 11.1 Å². The van der Waals surface area contributed by atoms with Crippen molar-refractivity contribution < 1.29 is 8.81 Å². The molecule has 0 unspecified atom stereocenters. The molecule has 2 aromatic heterocycles. The average molecular weight is 256 g/mol. The summed E-state index contributed by atoms with van der Waals surface area (Å²) in [5.41, 5.74) is 2.21. The van der Waals surface area contributed by atoms with Crippen LogP contribution >= 0.6 is 0 Å². The molecule has 0 spiro atoms. The maximum absolute atomic E-state index is 13.3. The number of nitrogens with zero attached hydrogens (tertiary/aromatic N) is 3. The first kappa shape index (κ1) is 11.6. The van der Waals surface area contributed by atoms with Crippen molar-refractivity contribution in [1.82, 2.24) is 9.97 Å². The van der Waals surface area contributed by atoms with Gasteiger partial charge in [-0.15, -0.1) is 0 Å². The fourth-order valence-electron chi connectivity index (χ4n) is 2.06. The Hall–Kier alpha value is -2.43. The molecule has 0 N–H and O–H groups in total. The molecule has 96 valence electrons. The molecule has 0 saturated heterocycles. The number of hydrogen-bond acceptors (Lipinski definition) is 4. The van der Waals surface area contributed by atoms with Gasteiger partial charge in [0.1, 0.15) is 18.0 Å². The molecule has 0 amide bonds. The zero-order valence-corrected chi connectivity index (χ0v) is 10.6. The molecule has 0 radical (unpaired) electrons. The van der Waals surface area contributed by atoms with Crippen molar-refractivity contribution in [2.75, 3.05) is 11.9 Å². The predicted octanol–water partition coefficient (Wildman–Crippen LogP) is 3.44. The average Bonchev–Trinajstić information content (AvgIpc) is 2.80. The van der Waals surface area contributed by atoms with Crippen molar-refractivity contribution in [3.05, 3.63) is 48.2 Å². The van der Waals surface area contributed by atoms with E-state index in [1.807, 2.05) is 24.9 Å². The maximum atomic E-state index is 13.3. The third-order valence-electron chi connectivity index (χ3n) is 3.05. The van der Waals surface area contributed by atoms with Gasteiger partial charge in [0.05, 0.1) is 11.6 Å². The van der Waals surface area contributed by atoms with Gasteiger partial charge in [-0.2, -0.15) is 0 Å². The van der Waals surface area contributed by atoms with Crippen LogP contribution in [-0.2, 0) is 0 Å². The Balaban J connectivity index is 2.16. The van der Waals surface area contributed by atoms with Gasteiger partial charge in [0, 0.05) is 18.3 Å². The Labute approximate surface area is 109 Å². The molecular weight excluding hydrogens is 244 g/mol. The van der Waals surface area contributed by atoms with E-state index in [0.717, 1.165) is 16.6 Å². The molecule has 2 heterocycles. The first-order chi connectivity index (χ1) is 9.16. The van der Waals surface area contributed by atoms with Crippen LogP contribution in [0.2, 0.25) is 0 Å². The Morgan fingerprint density at radius 1 is 1.26 bits per heavy atom. The zero-order chi connectivity index (χ0) is 13.4. The van der Waals surface area contributed by atoms with Crippen LogP contribution in [0, 0.1) is 12.7 Å². The summed E-state index contributed by atoms with van der Waals surface area (Å²) >= 11 is 0. The summed E-state index contributed by atoms with van der Waals surface area (Å²) in [4.78, 5) is 10.2. The molecule has 0 atom stereocenters. The molecule has 3 aromatic rings. The number of fused-ring (bicyclic) bond motifs is 1. The monoisotopic (exact) mass is 256 g/mol. The normalized spacial score (nSPS) is 10.9. The van der Waals surface area contributed by atoms with Gasteiger partial charge in [-0.25, -0.2) is 14.4 Å². The Bertz CT molecular complexity index is 738. The van der Waals surface area contributed by atoms with Gasteiger partial charge < -0.3 is 9.32 Å². The molecule has 1 aromatic carbocycles. The van der Waals surface area contributed by atoms with Crippen LogP contribution in [-0.4, -0.2) is 17.0 Å². The van der Waals surface area contributed by atoms with E-state index >= 15 is 0 Å². The minimum Gasteiger partial charge on any atom is -0.446 e. The highest BCUT2D eigenvalue weighted by Gasteiger charge is 2.15. The third kappa shape index (κ3) is 1.93. The van der Waals surface area contributed by atoms with Gasteiger partial charge in [-0.05, 0) is 25.1 Å². The van der Waals surface area contributed by atoms with E-state index in [4.69, 9.17) is 4.42 Å². The van der Waals surface area contributed by atoms with E-state index in [1.165, 1.54) is 18.5 Å². The van der Waals surface area contributed by atoms with E-state index in [2.05, 4.69) is 9.97 Å². The lowest BCUT2D eigenvalue weighted by Crippen LogP contribution is -2.12. The van der Waals surface area contributed by atoms with Crippen LogP contribution in [0.1, 0.15) is 5.56 Å². The quantitative estimate of drug-likeness (QED) is 0.704. The van der Waals surface area contributed by atoms with Crippen molar-refractivity contribution in [3.8, 4) is 0 Å². The number of halogens is 1. The van der Waals surface area contributed by atoms with Gasteiger partial charge in [0.25, 0.3) is 0 Å². The van der Waals surface area contributed by atoms with Gasteiger partial charge in [-0.3, -0.25) is 0 Å². The molecule has 0 aliphatic carbocycles. The van der Waals surface area contributed by atoms with Crippen molar-refractivity contribution in [2.45, 2.75) is 6.92 Å². The molecule has 5 heteroatoms. The van der Waals surface area contributed by atoms with Crippen molar-refractivity contribution in [1.29, 1.82) is 0 Å². The molecule has 19 heavy (non-hydrogen) atoms. The van der Waals surface area contributed by atoms with E-state index in [-0.39, 0.29) is 5.82 Å². The molecule has 3 rings (SSSR count). The third-order valence-corrected chi connectivity index (χ3v) is 3.05.